The molecule has 0 aromatic heterocycles. The third-order valence-electron chi connectivity index (χ3n) is 4.36. The molecule has 1 aliphatic heterocycles. The maximum absolute atomic E-state index is 3.67. The van der Waals surface area contributed by atoms with Gasteiger partial charge < -0.3 is 5.32 Å². The molecule has 3 aromatic rings. The average molecular weight is 388 g/mol. The second-order valence-corrected chi connectivity index (χ2v) is 7.00. The standard InChI is InChI=1S/C23H18BrN/c24-21-13-7-12-19(14-21)20-15-22(17-8-3-1-4-9-17)25-23(16-20)18-10-5-2-6-11-18/h1-16,22,25H. The van der Waals surface area contributed by atoms with Crippen molar-refractivity contribution in [1.82, 2.24) is 5.32 Å². The molecule has 0 saturated heterocycles. The Morgan fingerprint density at radius 3 is 2.12 bits per heavy atom. The molecule has 2 heteroatoms. The molecule has 0 fully saturated rings. The van der Waals surface area contributed by atoms with Crippen LogP contribution in [0.4, 0.5) is 0 Å². The van der Waals surface area contributed by atoms with E-state index < -0.39 is 0 Å². The largest absolute Gasteiger partial charge is 0.374 e. The maximum atomic E-state index is 3.67. The Hall–Kier alpha value is -2.58. The quantitative estimate of drug-likeness (QED) is 0.562. The summed E-state index contributed by atoms with van der Waals surface area (Å²) in [5.41, 5.74) is 6.05. The summed E-state index contributed by atoms with van der Waals surface area (Å²) in [6.45, 7) is 0. The van der Waals surface area contributed by atoms with Crippen LogP contribution in [0.1, 0.15) is 22.7 Å². The van der Waals surface area contributed by atoms with Gasteiger partial charge in [0.25, 0.3) is 0 Å². The SMILES string of the molecule is Brc1cccc(C2=CC(c3ccccc3)NC(c3ccccc3)=C2)c1. The van der Waals surface area contributed by atoms with E-state index in [0.717, 1.165) is 10.2 Å². The summed E-state index contributed by atoms with van der Waals surface area (Å²) < 4.78 is 1.09. The van der Waals surface area contributed by atoms with Gasteiger partial charge in [-0.1, -0.05) is 88.7 Å². The Kier molecular flexibility index (Phi) is 4.53. The number of benzene rings is 3. The fraction of sp³-hybridized carbons (Fsp3) is 0.0435. The van der Waals surface area contributed by atoms with Gasteiger partial charge in [-0.25, -0.2) is 0 Å². The molecule has 0 amide bonds. The minimum Gasteiger partial charge on any atom is -0.374 e. The highest BCUT2D eigenvalue weighted by Crippen LogP contribution is 2.32. The molecular formula is C23H18BrN. The lowest BCUT2D eigenvalue weighted by atomic mass is 9.93. The molecule has 4 rings (SSSR count). The van der Waals surface area contributed by atoms with Gasteiger partial charge in [0.05, 0.1) is 6.04 Å². The third kappa shape index (κ3) is 3.59. The van der Waals surface area contributed by atoms with Crippen LogP contribution in [0, 0.1) is 0 Å². The summed E-state index contributed by atoms with van der Waals surface area (Å²) in [4.78, 5) is 0. The van der Waals surface area contributed by atoms with Crippen molar-refractivity contribution in [3.05, 3.63) is 118 Å². The highest BCUT2D eigenvalue weighted by Gasteiger charge is 2.17. The summed E-state index contributed by atoms with van der Waals surface area (Å²) >= 11 is 3.59. The first-order chi connectivity index (χ1) is 12.3. The first kappa shape index (κ1) is 15.9. The molecule has 1 aliphatic rings. The zero-order chi connectivity index (χ0) is 17.1. The molecule has 25 heavy (non-hydrogen) atoms. The van der Waals surface area contributed by atoms with E-state index in [1.54, 1.807) is 0 Å². The molecule has 3 aromatic carbocycles. The lowest BCUT2D eigenvalue weighted by molar-refractivity contribution is 0.767. The molecule has 1 N–H and O–H groups in total. The van der Waals surface area contributed by atoms with E-state index in [9.17, 15) is 0 Å². The molecular weight excluding hydrogens is 370 g/mol. The predicted octanol–water partition coefficient (Wildman–Crippen LogP) is 6.22. The van der Waals surface area contributed by atoms with Crippen molar-refractivity contribution >= 4 is 27.2 Å². The molecule has 0 saturated carbocycles. The first-order valence-electron chi connectivity index (χ1n) is 8.36. The number of hydrogen-bond donors (Lipinski definition) is 1. The number of halogens is 1. The Morgan fingerprint density at radius 1 is 0.720 bits per heavy atom. The van der Waals surface area contributed by atoms with E-state index in [1.807, 2.05) is 6.07 Å². The van der Waals surface area contributed by atoms with Gasteiger partial charge in [0.2, 0.25) is 0 Å². The molecule has 0 aliphatic carbocycles. The summed E-state index contributed by atoms with van der Waals surface area (Å²) in [5, 5.41) is 3.67. The predicted molar refractivity (Wildman–Crippen MR) is 109 cm³/mol. The van der Waals surface area contributed by atoms with Gasteiger partial charge in [0.15, 0.2) is 0 Å². The number of nitrogens with one attached hydrogen (secondary N) is 1. The van der Waals surface area contributed by atoms with Crippen LogP contribution in [-0.2, 0) is 0 Å². The van der Waals surface area contributed by atoms with E-state index >= 15 is 0 Å². The Morgan fingerprint density at radius 2 is 1.40 bits per heavy atom. The van der Waals surface area contributed by atoms with Crippen LogP contribution >= 0.6 is 15.9 Å². The molecule has 1 unspecified atom stereocenters. The van der Waals surface area contributed by atoms with Gasteiger partial charge in [-0.2, -0.15) is 0 Å². The zero-order valence-electron chi connectivity index (χ0n) is 13.7. The van der Waals surface area contributed by atoms with E-state index in [2.05, 4.69) is 112 Å². The molecule has 0 bridgehead atoms. The molecule has 1 atom stereocenters. The Bertz CT molecular complexity index is 927. The Labute approximate surface area is 156 Å². The summed E-state index contributed by atoms with van der Waals surface area (Å²) in [6.07, 6.45) is 4.53. The van der Waals surface area contributed by atoms with Crippen molar-refractivity contribution in [3.8, 4) is 0 Å². The topological polar surface area (TPSA) is 12.0 Å². The molecule has 1 heterocycles. The fourth-order valence-corrected chi connectivity index (χ4v) is 3.51. The van der Waals surface area contributed by atoms with Crippen LogP contribution in [-0.4, -0.2) is 0 Å². The van der Waals surface area contributed by atoms with Crippen molar-refractivity contribution in [1.29, 1.82) is 0 Å². The van der Waals surface area contributed by atoms with Gasteiger partial charge >= 0.3 is 0 Å². The van der Waals surface area contributed by atoms with Crippen LogP contribution < -0.4 is 5.32 Å². The van der Waals surface area contributed by atoms with Gasteiger partial charge in [-0.3, -0.25) is 0 Å². The van der Waals surface area contributed by atoms with E-state index in [4.69, 9.17) is 0 Å². The van der Waals surface area contributed by atoms with Crippen molar-refractivity contribution in [2.24, 2.45) is 0 Å². The molecule has 122 valence electrons. The fourth-order valence-electron chi connectivity index (χ4n) is 3.11. The van der Waals surface area contributed by atoms with E-state index in [1.165, 1.54) is 22.3 Å². The van der Waals surface area contributed by atoms with Crippen molar-refractivity contribution in [2.45, 2.75) is 6.04 Å². The number of dihydropyridines is 1. The van der Waals surface area contributed by atoms with Crippen molar-refractivity contribution in [2.75, 3.05) is 0 Å². The van der Waals surface area contributed by atoms with Crippen molar-refractivity contribution in [3.63, 3.8) is 0 Å². The first-order valence-corrected chi connectivity index (χ1v) is 9.15. The summed E-state index contributed by atoms with van der Waals surface area (Å²) in [5.74, 6) is 0. The van der Waals surface area contributed by atoms with Crippen LogP contribution in [0.3, 0.4) is 0 Å². The van der Waals surface area contributed by atoms with Gasteiger partial charge in [0.1, 0.15) is 0 Å². The molecule has 0 radical (unpaired) electrons. The Balaban J connectivity index is 1.80. The normalized spacial score (nSPS) is 16.6. The zero-order valence-corrected chi connectivity index (χ0v) is 15.3. The second-order valence-electron chi connectivity index (χ2n) is 6.09. The van der Waals surface area contributed by atoms with Crippen LogP contribution in [0.2, 0.25) is 0 Å². The molecule has 0 spiro atoms. The van der Waals surface area contributed by atoms with Crippen LogP contribution in [0.25, 0.3) is 11.3 Å². The third-order valence-corrected chi connectivity index (χ3v) is 4.85. The number of hydrogen-bond acceptors (Lipinski definition) is 1. The minimum absolute atomic E-state index is 0.149. The monoisotopic (exact) mass is 387 g/mol. The molecule has 1 nitrogen and oxygen atoms in total. The minimum atomic E-state index is 0.149. The highest BCUT2D eigenvalue weighted by molar-refractivity contribution is 9.10. The van der Waals surface area contributed by atoms with Gasteiger partial charge in [-0.15, -0.1) is 0 Å². The second kappa shape index (κ2) is 7.12. The number of allylic oxidation sites excluding steroid dienone is 2. The maximum Gasteiger partial charge on any atom is 0.0707 e. The lowest BCUT2D eigenvalue weighted by Gasteiger charge is -2.25. The highest BCUT2D eigenvalue weighted by atomic mass is 79.9. The van der Waals surface area contributed by atoms with Crippen LogP contribution in [0.15, 0.2) is 102 Å². The van der Waals surface area contributed by atoms with Crippen molar-refractivity contribution < 1.29 is 0 Å². The van der Waals surface area contributed by atoms with E-state index in [-0.39, 0.29) is 6.04 Å². The summed E-state index contributed by atoms with van der Waals surface area (Å²) in [7, 11) is 0. The average Bonchev–Trinajstić information content (AvgIpc) is 2.69. The summed E-state index contributed by atoms with van der Waals surface area (Å²) in [6, 6.07) is 29.7. The van der Waals surface area contributed by atoms with E-state index in [0.29, 0.717) is 0 Å². The van der Waals surface area contributed by atoms with Gasteiger partial charge in [0, 0.05) is 10.2 Å². The number of rotatable bonds is 3. The lowest BCUT2D eigenvalue weighted by Crippen LogP contribution is -2.21. The van der Waals surface area contributed by atoms with Gasteiger partial charge in [-0.05, 0) is 46.5 Å². The van der Waals surface area contributed by atoms with Crippen LogP contribution in [0.5, 0.6) is 0 Å². The smallest absolute Gasteiger partial charge is 0.0707 e.